The second kappa shape index (κ2) is 4.08. The smallest absolute Gasteiger partial charge is 0.150 e. The molecule has 0 saturated heterocycles. The molecule has 0 aromatic carbocycles. The first-order valence-corrected chi connectivity index (χ1v) is 5.69. The molecule has 0 unspecified atom stereocenters. The van der Waals surface area contributed by atoms with E-state index >= 15 is 0 Å². The predicted molar refractivity (Wildman–Crippen MR) is 64.4 cm³/mol. The topological polar surface area (TPSA) is 68.2 Å². The Balaban J connectivity index is 1.85. The molecule has 88 valence electrons. The number of nitrogens with two attached hydrogens (primary N) is 1. The first kappa shape index (κ1) is 10.1. The fourth-order valence-electron chi connectivity index (χ4n) is 1.86. The van der Waals surface area contributed by atoms with Gasteiger partial charge < -0.3 is 15.1 Å². The zero-order valence-corrected chi connectivity index (χ0v) is 9.41. The molecule has 1 aliphatic rings. The largest absolute Gasteiger partial charge is 0.467 e. The summed E-state index contributed by atoms with van der Waals surface area (Å²) in [5.74, 6) is 2.21. The van der Waals surface area contributed by atoms with Crippen molar-refractivity contribution in [2.45, 2.75) is 25.4 Å². The van der Waals surface area contributed by atoms with Crippen molar-refractivity contribution in [1.29, 1.82) is 0 Å². The van der Waals surface area contributed by atoms with E-state index in [0.717, 1.165) is 18.1 Å². The third kappa shape index (κ3) is 2.22. The first-order valence-electron chi connectivity index (χ1n) is 5.69. The predicted octanol–water partition coefficient (Wildman–Crippen LogP) is 1.82. The summed E-state index contributed by atoms with van der Waals surface area (Å²) < 4.78 is 5.37. The van der Waals surface area contributed by atoms with Gasteiger partial charge in [0.1, 0.15) is 17.4 Å². The van der Waals surface area contributed by atoms with Gasteiger partial charge in [0.2, 0.25) is 0 Å². The van der Waals surface area contributed by atoms with Gasteiger partial charge in [0, 0.05) is 6.04 Å². The van der Waals surface area contributed by atoms with Crippen LogP contribution in [0, 0.1) is 0 Å². The van der Waals surface area contributed by atoms with E-state index in [2.05, 4.69) is 14.9 Å². The lowest BCUT2D eigenvalue weighted by Gasteiger charge is -2.21. The van der Waals surface area contributed by atoms with E-state index in [-0.39, 0.29) is 0 Å². The zero-order valence-electron chi connectivity index (χ0n) is 9.41. The molecule has 2 heterocycles. The maximum absolute atomic E-state index is 5.67. The summed E-state index contributed by atoms with van der Waals surface area (Å²) in [4.78, 5) is 10.6. The summed E-state index contributed by atoms with van der Waals surface area (Å²) in [5.41, 5.74) is 5.67. The van der Waals surface area contributed by atoms with E-state index < -0.39 is 0 Å². The second-order valence-electron chi connectivity index (χ2n) is 4.24. The van der Waals surface area contributed by atoms with Gasteiger partial charge in [-0.15, -0.1) is 0 Å². The highest BCUT2D eigenvalue weighted by Gasteiger charge is 2.30. The lowest BCUT2D eigenvalue weighted by Crippen LogP contribution is -2.26. The SMILES string of the molecule is Nc1cncc(N(Cc2ccco2)C2CC2)n1. The van der Waals surface area contributed by atoms with Crippen LogP contribution in [0.15, 0.2) is 35.2 Å². The summed E-state index contributed by atoms with van der Waals surface area (Å²) in [7, 11) is 0. The highest BCUT2D eigenvalue weighted by Crippen LogP contribution is 2.32. The Morgan fingerprint density at radius 2 is 2.29 bits per heavy atom. The lowest BCUT2D eigenvalue weighted by molar-refractivity contribution is 0.500. The Morgan fingerprint density at radius 3 is 2.94 bits per heavy atom. The Labute approximate surface area is 99.3 Å². The Hall–Kier alpha value is -2.04. The van der Waals surface area contributed by atoms with Crippen molar-refractivity contribution < 1.29 is 4.42 Å². The number of hydrogen-bond acceptors (Lipinski definition) is 5. The third-order valence-corrected chi connectivity index (χ3v) is 2.83. The number of hydrogen-bond donors (Lipinski definition) is 1. The standard InChI is InChI=1S/C12H14N4O/c13-11-6-14-7-12(15-11)16(9-3-4-9)8-10-2-1-5-17-10/h1-2,5-7,9H,3-4,8H2,(H2,13,15). The van der Waals surface area contributed by atoms with E-state index in [1.54, 1.807) is 18.7 Å². The van der Waals surface area contributed by atoms with Gasteiger partial charge in [-0.05, 0) is 25.0 Å². The molecule has 2 aromatic rings. The molecule has 5 nitrogen and oxygen atoms in total. The van der Waals surface area contributed by atoms with Gasteiger partial charge >= 0.3 is 0 Å². The zero-order chi connectivity index (χ0) is 11.7. The number of anilines is 2. The maximum Gasteiger partial charge on any atom is 0.150 e. The molecular formula is C12H14N4O. The van der Waals surface area contributed by atoms with Crippen LogP contribution in [0.25, 0.3) is 0 Å². The van der Waals surface area contributed by atoms with Gasteiger partial charge in [-0.25, -0.2) is 4.98 Å². The molecule has 0 radical (unpaired) electrons. The number of furan rings is 1. The monoisotopic (exact) mass is 230 g/mol. The van der Waals surface area contributed by atoms with Gasteiger partial charge in [-0.3, -0.25) is 4.98 Å². The molecule has 2 aromatic heterocycles. The molecule has 1 saturated carbocycles. The first-order chi connectivity index (χ1) is 8.33. The molecular weight excluding hydrogens is 216 g/mol. The minimum Gasteiger partial charge on any atom is -0.467 e. The van der Waals surface area contributed by atoms with Crippen LogP contribution in [0.5, 0.6) is 0 Å². The number of nitrogen functional groups attached to an aromatic ring is 1. The van der Waals surface area contributed by atoms with Crippen molar-refractivity contribution in [1.82, 2.24) is 9.97 Å². The van der Waals surface area contributed by atoms with Crippen molar-refractivity contribution in [3.63, 3.8) is 0 Å². The lowest BCUT2D eigenvalue weighted by atomic mass is 10.3. The highest BCUT2D eigenvalue weighted by molar-refractivity contribution is 5.44. The van der Waals surface area contributed by atoms with E-state index in [1.807, 2.05) is 12.1 Å². The van der Waals surface area contributed by atoms with Crippen molar-refractivity contribution in [2.75, 3.05) is 10.6 Å². The average Bonchev–Trinajstić information content (AvgIpc) is 3.03. The van der Waals surface area contributed by atoms with E-state index in [9.17, 15) is 0 Å². The van der Waals surface area contributed by atoms with Gasteiger partial charge in [-0.1, -0.05) is 0 Å². The fourth-order valence-corrected chi connectivity index (χ4v) is 1.86. The molecule has 0 spiro atoms. The maximum atomic E-state index is 5.67. The van der Waals surface area contributed by atoms with Gasteiger partial charge in [0.25, 0.3) is 0 Å². The van der Waals surface area contributed by atoms with Gasteiger partial charge in [-0.2, -0.15) is 0 Å². The van der Waals surface area contributed by atoms with Crippen LogP contribution >= 0.6 is 0 Å². The molecule has 2 N–H and O–H groups in total. The van der Waals surface area contributed by atoms with E-state index in [4.69, 9.17) is 10.2 Å². The molecule has 1 aliphatic carbocycles. The van der Waals surface area contributed by atoms with Crippen LogP contribution in [-0.4, -0.2) is 16.0 Å². The van der Waals surface area contributed by atoms with Crippen LogP contribution < -0.4 is 10.6 Å². The molecule has 3 rings (SSSR count). The quantitative estimate of drug-likeness (QED) is 0.867. The van der Waals surface area contributed by atoms with Crippen molar-refractivity contribution in [2.24, 2.45) is 0 Å². The Morgan fingerprint density at radius 1 is 1.41 bits per heavy atom. The minimum absolute atomic E-state index is 0.451. The summed E-state index contributed by atoms with van der Waals surface area (Å²) >= 11 is 0. The molecule has 5 heteroatoms. The molecule has 0 bridgehead atoms. The van der Waals surface area contributed by atoms with Crippen LogP contribution in [0.1, 0.15) is 18.6 Å². The van der Waals surface area contributed by atoms with Crippen molar-refractivity contribution in [3.05, 3.63) is 36.5 Å². The van der Waals surface area contributed by atoms with Gasteiger partial charge in [0.05, 0.1) is 25.2 Å². The molecule has 0 amide bonds. The van der Waals surface area contributed by atoms with Crippen LogP contribution in [0.4, 0.5) is 11.6 Å². The fraction of sp³-hybridized carbons (Fsp3) is 0.333. The third-order valence-electron chi connectivity index (χ3n) is 2.83. The summed E-state index contributed by atoms with van der Waals surface area (Å²) in [6, 6.07) is 4.40. The van der Waals surface area contributed by atoms with Crippen LogP contribution in [-0.2, 0) is 6.54 Å². The Kier molecular flexibility index (Phi) is 2.44. The molecule has 1 fully saturated rings. The number of aromatic nitrogens is 2. The van der Waals surface area contributed by atoms with E-state index in [1.165, 1.54) is 12.8 Å². The number of nitrogens with zero attached hydrogens (tertiary/aromatic N) is 3. The van der Waals surface area contributed by atoms with Crippen molar-refractivity contribution in [3.8, 4) is 0 Å². The number of rotatable bonds is 4. The van der Waals surface area contributed by atoms with Crippen LogP contribution in [0.3, 0.4) is 0 Å². The highest BCUT2D eigenvalue weighted by atomic mass is 16.3. The Bertz CT molecular complexity index is 493. The van der Waals surface area contributed by atoms with Gasteiger partial charge in [0.15, 0.2) is 0 Å². The summed E-state index contributed by atoms with van der Waals surface area (Å²) in [5, 5.41) is 0. The second-order valence-corrected chi connectivity index (χ2v) is 4.24. The summed E-state index contributed by atoms with van der Waals surface area (Å²) in [6.07, 6.45) is 7.37. The molecule has 17 heavy (non-hydrogen) atoms. The molecule has 0 atom stereocenters. The average molecular weight is 230 g/mol. The van der Waals surface area contributed by atoms with E-state index in [0.29, 0.717) is 11.9 Å². The summed E-state index contributed by atoms with van der Waals surface area (Å²) in [6.45, 7) is 0.718. The van der Waals surface area contributed by atoms with Crippen molar-refractivity contribution >= 4 is 11.6 Å². The van der Waals surface area contributed by atoms with Crippen LogP contribution in [0.2, 0.25) is 0 Å². The minimum atomic E-state index is 0.451. The normalized spacial score (nSPS) is 14.8. The molecule has 0 aliphatic heterocycles.